The minimum absolute atomic E-state index is 0.0268. The Morgan fingerprint density at radius 2 is 1.59 bits per heavy atom. The Kier molecular flexibility index (Phi) is 6.62. The van der Waals surface area contributed by atoms with Crippen LogP contribution in [-0.2, 0) is 16.0 Å². The third-order valence-electron chi connectivity index (χ3n) is 5.45. The predicted octanol–water partition coefficient (Wildman–Crippen LogP) is 4.51. The van der Waals surface area contributed by atoms with E-state index in [1.54, 1.807) is 12.1 Å². The number of halogens is 3. The fourth-order valence-corrected chi connectivity index (χ4v) is 3.84. The van der Waals surface area contributed by atoms with E-state index in [2.05, 4.69) is 5.32 Å². The van der Waals surface area contributed by atoms with Crippen LogP contribution in [0.25, 0.3) is 0 Å². The van der Waals surface area contributed by atoms with Crippen LogP contribution in [0.2, 0.25) is 0 Å². The smallest absolute Gasteiger partial charge is 0.326 e. The summed E-state index contributed by atoms with van der Waals surface area (Å²) in [5.74, 6) is -2.97. The van der Waals surface area contributed by atoms with Crippen LogP contribution in [0, 0.1) is 17.5 Å². The molecule has 9 heteroatoms. The number of nitrogens with one attached hydrogen (secondary N) is 1. The van der Waals surface area contributed by atoms with E-state index in [4.69, 9.17) is 0 Å². The van der Waals surface area contributed by atoms with Gasteiger partial charge in [-0.15, -0.1) is 0 Å². The van der Waals surface area contributed by atoms with Gasteiger partial charge in [-0.3, -0.25) is 9.59 Å². The van der Waals surface area contributed by atoms with Crippen molar-refractivity contribution < 1.29 is 27.6 Å². The van der Waals surface area contributed by atoms with Crippen LogP contribution in [0.15, 0.2) is 72.8 Å². The molecule has 34 heavy (non-hydrogen) atoms. The lowest BCUT2D eigenvalue weighted by Gasteiger charge is -2.21. The van der Waals surface area contributed by atoms with Gasteiger partial charge in [0.1, 0.15) is 23.5 Å². The minimum Gasteiger partial charge on any atom is -0.326 e. The van der Waals surface area contributed by atoms with Gasteiger partial charge in [0.05, 0.1) is 12.1 Å². The van der Waals surface area contributed by atoms with E-state index in [9.17, 15) is 27.6 Å². The number of nitrogens with zero attached hydrogens (tertiary/aromatic N) is 2. The van der Waals surface area contributed by atoms with Gasteiger partial charge in [-0.05, 0) is 54.4 Å². The summed E-state index contributed by atoms with van der Waals surface area (Å²) in [6.45, 7) is -0.0464. The molecule has 1 atom stereocenters. The predicted molar refractivity (Wildman–Crippen MR) is 120 cm³/mol. The van der Waals surface area contributed by atoms with Crippen molar-refractivity contribution in [2.75, 3.05) is 16.8 Å². The van der Waals surface area contributed by atoms with Gasteiger partial charge in [0, 0.05) is 12.2 Å². The molecule has 4 rings (SSSR count). The van der Waals surface area contributed by atoms with E-state index < -0.39 is 47.8 Å². The summed E-state index contributed by atoms with van der Waals surface area (Å²) in [4.78, 5) is 41.0. The molecule has 0 aliphatic carbocycles. The van der Waals surface area contributed by atoms with Crippen LogP contribution < -0.4 is 10.2 Å². The monoisotopic (exact) mass is 467 g/mol. The maximum Gasteiger partial charge on any atom is 0.332 e. The zero-order valence-corrected chi connectivity index (χ0v) is 17.9. The van der Waals surface area contributed by atoms with Crippen molar-refractivity contribution in [1.82, 2.24) is 4.90 Å². The molecule has 0 spiro atoms. The molecule has 0 saturated carbocycles. The number of carbonyl (C=O) groups excluding carboxylic acids is 3. The molecule has 0 aromatic heterocycles. The van der Waals surface area contributed by atoms with E-state index in [1.807, 2.05) is 0 Å². The van der Waals surface area contributed by atoms with Crippen molar-refractivity contribution in [3.05, 3.63) is 95.8 Å². The lowest BCUT2D eigenvalue weighted by molar-refractivity contribution is -0.124. The van der Waals surface area contributed by atoms with Crippen molar-refractivity contribution in [3.8, 4) is 0 Å². The number of rotatable bonds is 7. The SMILES string of the molecule is O=C(C[C@H]1C(=O)N(c2cccc(F)c2)C(=O)N1CCc1ccccc1F)Nc1cccc(F)c1. The first kappa shape index (κ1) is 23.0. The standard InChI is InChI=1S/C25H20F3N3O3/c26-17-6-3-8-19(13-17)29-23(32)15-22-24(33)31(20-9-4-7-18(27)14-20)25(34)30(22)12-11-16-5-1-2-10-21(16)28/h1-10,13-14,22H,11-12,15H2,(H,29,32)/t22-/m0/s1. The fraction of sp³-hybridized carbons (Fsp3) is 0.160. The Bertz CT molecular complexity index is 1250. The summed E-state index contributed by atoms with van der Waals surface area (Å²) in [5.41, 5.74) is 0.565. The number of imide groups is 1. The average molecular weight is 467 g/mol. The summed E-state index contributed by atoms with van der Waals surface area (Å²) < 4.78 is 41.3. The number of anilines is 2. The Labute approximate surface area is 193 Å². The molecule has 1 saturated heterocycles. The van der Waals surface area contributed by atoms with Crippen molar-refractivity contribution >= 4 is 29.2 Å². The Morgan fingerprint density at radius 1 is 0.882 bits per heavy atom. The van der Waals surface area contributed by atoms with E-state index in [0.29, 0.717) is 5.56 Å². The van der Waals surface area contributed by atoms with Gasteiger partial charge in [-0.2, -0.15) is 0 Å². The highest BCUT2D eigenvalue weighted by Crippen LogP contribution is 2.28. The molecular weight excluding hydrogens is 447 g/mol. The van der Waals surface area contributed by atoms with Gasteiger partial charge >= 0.3 is 6.03 Å². The number of benzene rings is 3. The molecule has 3 aromatic carbocycles. The second-order valence-electron chi connectivity index (χ2n) is 7.75. The Hall–Kier alpha value is -4.14. The van der Waals surface area contributed by atoms with Crippen LogP contribution in [0.5, 0.6) is 0 Å². The normalized spacial score (nSPS) is 15.7. The van der Waals surface area contributed by atoms with Crippen LogP contribution in [-0.4, -0.2) is 35.3 Å². The first-order valence-corrected chi connectivity index (χ1v) is 10.5. The van der Waals surface area contributed by atoms with Crippen LogP contribution in [0.3, 0.4) is 0 Å². The van der Waals surface area contributed by atoms with Crippen molar-refractivity contribution in [3.63, 3.8) is 0 Å². The summed E-state index contributed by atoms with van der Waals surface area (Å²) in [7, 11) is 0. The molecular formula is C25H20F3N3O3. The first-order chi connectivity index (χ1) is 16.3. The lowest BCUT2D eigenvalue weighted by Crippen LogP contribution is -2.39. The van der Waals surface area contributed by atoms with Gasteiger partial charge in [-0.25, -0.2) is 22.9 Å². The van der Waals surface area contributed by atoms with Crippen molar-refractivity contribution in [2.45, 2.75) is 18.9 Å². The fourth-order valence-electron chi connectivity index (χ4n) is 3.84. The molecule has 6 nitrogen and oxygen atoms in total. The van der Waals surface area contributed by atoms with Gasteiger partial charge in [-0.1, -0.05) is 30.3 Å². The van der Waals surface area contributed by atoms with Crippen molar-refractivity contribution in [1.29, 1.82) is 0 Å². The number of carbonyl (C=O) groups is 3. The molecule has 0 unspecified atom stereocenters. The summed E-state index contributed by atoms with van der Waals surface area (Å²) in [6, 6.07) is 14.3. The van der Waals surface area contributed by atoms with Gasteiger partial charge in [0.25, 0.3) is 5.91 Å². The van der Waals surface area contributed by atoms with Gasteiger partial charge in [0.15, 0.2) is 0 Å². The summed E-state index contributed by atoms with van der Waals surface area (Å²) in [5, 5.41) is 2.50. The van der Waals surface area contributed by atoms with Crippen LogP contribution in [0.1, 0.15) is 12.0 Å². The Morgan fingerprint density at radius 3 is 2.29 bits per heavy atom. The number of amides is 4. The summed E-state index contributed by atoms with van der Waals surface area (Å²) in [6.07, 6.45) is -0.311. The zero-order valence-electron chi connectivity index (χ0n) is 17.9. The minimum atomic E-state index is -1.20. The highest BCUT2D eigenvalue weighted by molar-refractivity contribution is 6.22. The highest BCUT2D eigenvalue weighted by atomic mass is 19.1. The van der Waals surface area contributed by atoms with Crippen LogP contribution in [0.4, 0.5) is 29.3 Å². The molecule has 1 aliphatic heterocycles. The largest absolute Gasteiger partial charge is 0.332 e. The maximum atomic E-state index is 14.1. The molecule has 1 fully saturated rings. The molecule has 0 bridgehead atoms. The highest BCUT2D eigenvalue weighted by Gasteiger charge is 2.46. The molecule has 174 valence electrons. The molecule has 1 aliphatic rings. The molecule has 1 N–H and O–H groups in total. The zero-order chi connectivity index (χ0) is 24.2. The van der Waals surface area contributed by atoms with Crippen LogP contribution >= 0.6 is 0 Å². The number of hydrogen-bond donors (Lipinski definition) is 1. The van der Waals surface area contributed by atoms with Crippen molar-refractivity contribution in [2.24, 2.45) is 0 Å². The number of hydrogen-bond acceptors (Lipinski definition) is 3. The Balaban J connectivity index is 1.58. The van der Waals surface area contributed by atoms with Gasteiger partial charge < -0.3 is 10.2 Å². The number of urea groups is 1. The van der Waals surface area contributed by atoms with E-state index >= 15 is 0 Å². The maximum absolute atomic E-state index is 14.1. The second kappa shape index (κ2) is 9.78. The average Bonchev–Trinajstić information content (AvgIpc) is 3.02. The molecule has 1 heterocycles. The molecule has 4 amide bonds. The first-order valence-electron chi connectivity index (χ1n) is 10.5. The third-order valence-corrected chi connectivity index (χ3v) is 5.45. The lowest BCUT2D eigenvalue weighted by atomic mass is 10.1. The van der Waals surface area contributed by atoms with E-state index in [1.165, 1.54) is 53.4 Å². The topological polar surface area (TPSA) is 69.7 Å². The quantitative estimate of drug-likeness (QED) is 0.520. The van der Waals surface area contributed by atoms with Gasteiger partial charge in [0.2, 0.25) is 5.91 Å². The third kappa shape index (κ3) is 4.93. The summed E-state index contributed by atoms with van der Waals surface area (Å²) >= 11 is 0. The van der Waals surface area contributed by atoms with E-state index in [-0.39, 0.29) is 24.3 Å². The molecule has 3 aromatic rings. The van der Waals surface area contributed by atoms with E-state index in [0.717, 1.165) is 17.0 Å². The molecule has 0 radical (unpaired) electrons. The second-order valence-corrected chi connectivity index (χ2v) is 7.75.